The molecule has 0 atom stereocenters. The summed E-state index contributed by atoms with van der Waals surface area (Å²) in [5, 5.41) is 3.30. The first-order valence-electron chi connectivity index (χ1n) is 8.45. The summed E-state index contributed by atoms with van der Waals surface area (Å²) in [6.07, 6.45) is 4.69. The van der Waals surface area contributed by atoms with Gasteiger partial charge < -0.3 is 5.32 Å². The van der Waals surface area contributed by atoms with E-state index in [1.54, 1.807) is 6.92 Å². The van der Waals surface area contributed by atoms with Crippen LogP contribution in [0.2, 0.25) is 0 Å². The third-order valence-corrected chi connectivity index (χ3v) is 5.00. The minimum atomic E-state index is -0.148. The van der Waals surface area contributed by atoms with Crippen molar-refractivity contribution in [1.82, 2.24) is 9.97 Å². The number of hydrogen-bond donors (Lipinski definition) is 1. The average molecular weight is 311 g/mol. The number of hydrogen-bond acceptors (Lipinski definition) is 3. The zero-order chi connectivity index (χ0) is 16.1. The zero-order valence-corrected chi connectivity index (χ0v) is 13.9. The Kier molecular flexibility index (Phi) is 3.36. The number of rotatable bonds is 4. The highest BCUT2D eigenvalue weighted by Crippen LogP contribution is 2.44. The minimum Gasteiger partial charge on any atom is -0.325 e. The van der Waals surface area contributed by atoms with Crippen LogP contribution >= 0.6 is 0 Å². The lowest BCUT2D eigenvalue weighted by Crippen LogP contribution is -2.04. The number of pyridine rings is 2. The topological polar surface area (TPSA) is 37.8 Å². The largest absolute Gasteiger partial charge is 0.325 e. The highest BCUT2D eigenvalue weighted by molar-refractivity contribution is 5.57. The Balaban J connectivity index is 1.68. The van der Waals surface area contributed by atoms with Gasteiger partial charge in [-0.05, 0) is 87.1 Å². The quantitative estimate of drug-likeness (QED) is 0.859. The van der Waals surface area contributed by atoms with E-state index in [4.69, 9.17) is 0 Å². The molecule has 23 heavy (non-hydrogen) atoms. The average Bonchev–Trinajstić information content (AvgIpc) is 3.37. The molecule has 0 aromatic carbocycles. The van der Waals surface area contributed by atoms with Crippen LogP contribution in [0.5, 0.6) is 0 Å². The maximum Gasteiger partial charge on any atom is 0.148 e. The maximum atomic E-state index is 14.2. The molecule has 0 amide bonds. The second-order valence-corrected chi connectivity index (χ2v) is 6.98. The Labute approximate surface area is 136 Å². The van der Waals surface area contributed by atoms with Crippen LogP contribution in [0.25, 0.3) is 0 Å². The van der Waals surface area contributed by atoms with Crippen LogP contribution in [-0.4, -0.2) is 9.97 Å². The van der Waals surface area contributed by atoms with Crippen molar-refractivity contribution >= 4 is 11.6 Å². The Hall–Kier alpha value is -1.97. The molecule has 120 valence electrons. The normalized spacial score (nSPS) is 17.4. The molecule has 0 bridgehead atoms. The molecule has 1 N–H and O–H groups in total. The third-order valence-electron chi connectivity index (χ3n) is 5.00. The van der Waals surface area contributed by atoms with Gasteiger partial charge in [0.2, 0.25) is 0 Å². The fraction of sp³-hybridized carbons (Fsp3) is 0.474. The van der Waals surface area contributed by atoms with E-state index in [0.29, 0.717) is 23.3 Å². The molecule has 0 spiro atoms. The fourth-order valence-corrected chi connectivity index (χ4v) is 3.21. The van der Waals surface area contributed by atoms with E-state index < -0.39 is 0 Å². The summed E-state index contributed by atoms with van der Waals surface area (Å²) in [4.78, 5) is 8.99. The van der Waals surface area contributed by atoms with Gasteiger partial charge in [-0.15, -0.1) is 0 Å². The number of nitrogens with one attached hydrogen (secondary N) is 1. The highest BCUT2D eigenvalue weighted by Gasteiger charge is 2.29. The monoisotopic (exact) mass is 311 g/mol. The van der Waals surface area contributed by atoms with Crippen molar-refractivity contribution < 1.29 is 4.39 Å². The summed E-state index contributed by atoms with van der Waals surface area (Å²) in [6, 6.07) is 3.99. The molecule has 0 saturated heterocycles. The molecular formula is C19H22FN3. The van der Waals surface area contributed by atoms with E-state index in [9.17, 15) is 4.39 Å². The van der Waals surface area contributed by atoms with Crippen molar-refractivity contribution in [1.29, 1.82) is 0 Å². The molecule has 2 aliphatic rings. The Bertz CT molecular complexity index is 711. The first kappa shape index (κ1) is 14.6. The van der Waals surface area contributed by atoms with E-state index in [-0.39, 0.29) is 5.82 Å². The van der Waals surface area contributed by atoms with Crippen molar-refractivity contribution in [3.8, 4) is 0 Å². The smallest absolute Gasteiger partial charge is 0.148 e. The van der Waals surface area contributed by atoms with E-state index in [2.05, 4.69) is 28.3 Å². The van der Waals surface area contributed by atoms with Gasteiger partial charge in [-0.1, -0.05) is 0 Å². The molecule has 0 radical (unpaired) electrons. The lowest BCUT2D eigenvalue weighted by Gasteiger charge is -2.13. The van der Waals surface area contributed by atoms with Crippen molar-refractivity contribution in [3.63, 3.8) is 0 Å². The van der Waals surface area contributed by atoms with Crippen molar-refractivity contribution in [3.05, 3.63) is 46.0 Å². The van der Waals surface area contributed by atoms with Gasteiger partial charge >= 0.3 is 0 Å². The van der Waals surface area contributed by atoms with Gasteiger partial charge in [0.05, 0.1) is 5.69 Å². The van der Waals surface area contributed by atoms with E-state index in [0.717, 1.165) is 29.9 Å². The van der Waals surface area contributed by atoms with E-state index in [1.807, 2.05) is 13.0 Å². The van der Waals surface area contributed by atoms with Crippen LogP contribution in [-0.2, 0) is 0 Å². The second-order valence-electron chi connectivity index (χ2n) is 6.98. The molecular weight excluding hydrogens is 289 g/mol. The highest BCUT2D eigenvalue weighted by atomic mass is 19.1. The molecule has 4 heteroatoms. The second kappa shape index (κ2) is 5.29. The van der Waals surface area contributed by atoms with Gasteiger partial charge in [-0.2, -0.15) is 0 Å². The molecule has 4 rings (SSSR count). The van der Waals surface area contributed by atoms with Gasteiger partial charge in [0, 0.05) is 5.69 Å². The third kappa shape index (κ3) is 2.82. The first-order chi connectivity index (χ1) is 11.0. The predicted octanol–water partition coefficient (Wildman–Crippen LogP) is 5.04. The Morgan fingerprint density at radius 1 is 0.870 bits per heavy atom. The van der Waals surface area contributed by atoms with E-state index >= 15 is 0 Å². The SMILES string of the molecule is Cc1nc(Nc2cc(C3CC3)c(F)c(C)n2)cc(C2CC2)c1C. The van der Waals surface area contributed by atoms with Crippen LogP contribution in [0.3, 0.4) is 0 Å². The summed E-state index contributed by atoms with van der Waals surface area (Å²) < 4.78 is 14.2. The van der Waals surface area contributed by atoms with Crippen LogP contribution in [0, 0.1) is 26.6 Å². The fourth-order valence-electron chi connectivity index (χ4n) is 3.21. The molecule has 2 fully saturated rings. The Morgan fingerprint density at radius 2 is 1.39 bits per heavy atom. The van der Waals surface area contributed by atoms with Crippen molar-refractivity contribution in [2.24, 2.45) is 0 Å². The number of aromatic nitrogens is 2. The minimum absolute atomic E-state index is 0.148. The summed E-state index contributed by atoms with van der Waals surface area (Å²) in [7, 11) is 0. The molecule has 0 aliphatic heterocycles. The van der Waals surface area contributed by atoms with Crippen LogP contribution in [0.1, 0.15) is 65.6 Å². The van der Waals surface area contributed by atoms with Crippen LogP contribution in [0.4, 0.5) is 16.0 Å². The Morgan fingerprint density at radius 3 is 2.00 bits per heavy atom. The molecule has 2 aliphatic carbocycles. The van der Waals surface area contributed by atoms with E-state index in [1.165, 1.54) is 24.0 Å². The summed E-state index contributed by atoms with van der Waals surface area (Å²) >= 11 is 0. The number of halogens is 1. The zero-order valence-electron chi connectivity index (χ0n) is 13.9. The standard InChI is InChI=1S/C19H22FN3/c1-10-11(2)21-17(8-15(10)13-4-5-13)23-18-9-16(14-6-7-14)19(20)12(3)22-18/h8-9,13-14H,4-7H2,1-3H3,(H,21,22,23). The predicted molar refractivity (Wildman–Crippen MR) is 89.9 cm³/mol. The summed E-state index contributed by atoms with van der Waals surface area (Å²) in [5.74, 6) is 2.41. The van der Waals surface area contributed by atoms with Crippen LogP contribution < -0.4 is 5.32 Å². The van der Waals surface area contributed by atoms with Crippen molar-refractivity contribution in [2.75, 3.05) is 5.32 Å². The van der Waals surface area contributed by atoms with Crippen molar-refractivity contribution in [2.45, 2.75) is 58.3 Å². The molecule has 0 unspecified atom stereocenters. The summed E-state index contributed by atoms with van der Waals surface area (Å²) in [6.45, 7) is 5.92. The molecule has 2 heterocycles. The van der Waals surface area contributed by atoms with Crippen LogP contribution in [0.15, 0.2) is 12.1 Å². The number of nitrogens with zero attached hydrogens (tertiary/aromatic N) is 2. The molecule has 2 aromatic heterocycles. The number of anilines is 2. The van der Waals surface area contributed by atoms with Gasteiger partial charge in [0.1, 0.15) is 17.5 Å². The maximum absolute atomic E-state index is 14.2. The summed E-state index contributed by atoms with van der Waals surface area (Å²) in [5.41, 5.74) is 4.99. The number of aryl methyl sites for hydroxylation is 2. The molecule has 3 nitrogen and oxygen atoms in total. The first-order valence-corrected chi connectivity index (χ1v) is 8.45. The van der Waals surface area contributed by atoms with Gasteiger partial charge in [0.25, 0.3) is 0 Å². The van der Waals surface area contributed by atoms with Gasteiger partial charge in [0.15, 0.2) is 0 Å². The molecule has 2 aromatic rings. The van der Waals surface area contributed by atoms with Gasteiger partial charge in [-0.3, -0.25) is 0 Å². The molecule has 2 saturated carbocycles. The lowest BCUT2D eigenvalue weighted by molar-refractivity contribution is 0.593. The van der Waals surface area contributed by atoms with Gasteiger partial charge in [-0.25, -0.2) is 14.4 Å². The lowest BCUT2D eigenvalue weighted by atomic mass is 10.0.